The minimum atomic E-state index is -0.685. The van der Waals surface area contributed by atoms with Gasteiger partial charge < -0.3 is 4.74 Å². The van der Waals surface area contributed by atoms with E-state index < -0.39 is 6.10 Å². The zero-order valence-corrected chi connectivity index (χ0v) is 10.5. The molecule has 2 rings (SSSR count). The molecule has 0 saturated carbocycles. The van der Waals surface area contributed by atoms with E-state index in [9.17, 15) is 4.79 Å². The lowest BCUT2D eigenvalue weighted by atomic mass is 10.0. The van der Waals surface area contributed by atoms with Gasteiger partial charge in [0, 0.05) is 5.56 Å². The monoisotopic (exact) mass is 251 g/mol. The van der Waals surface area contributed by atoms with Crippen molar-refractivity contribution in [2.24, 2.45) is 0 Å². The first kappa shape index (κ1) is 12.8. The van der Waals surface area contributed by atoms with Crippen molar-refractivity contribution in [2.45, 2.75) is 13.0 Å². The Kier molecular flexibility index (Phi) is 3.94. The molecule has 0 N–H and O–H groups in total. The van der Waals surface area contributed by atoms with Crippen molar-refractivity contribution in [3.63, 3.8) is 0 Å². The molecule has 0 fully saturated rings. The fraction of sp³-hybridized carbons (Fsp3) is 0.125. The van der Waals surface area contributed by atoms with Crippen molar-refractivity contribution in [1.82, 2.24) is 0 Å². The van der Waals surface area contributed by atoms with Gasteiger partial charge in [-0.05, 0) is 31.2 Å². The molecule has 19 heavy (non-hydrogen) atoms. The summed E-state index contributed by atoms with van der Waals surface area (Å²) in [6, 6.07) is 18.1. The van der Waals surface area contributed by atoms with Crippen LogP contribution in [0.25, 0.3) is 0 Å². The van der Waals surface area contributed by atoms with Crippen molar-refractivity contribution < 1.29 is 9.53 Å². The summed E-state index contributed by atoms with van der Waals surface area (Å²) in [7, 11) is 0. The molecule has 0 amide bonds. The van der Waals surface area contributed by atoms with Gasteiger partial charge in [-0.25, -0.2) is 0 Å². The molecule has 3 nitrogen and oxygen atoms in total. The molecule has 0 unspecified atom stereocenters. The number of rotatable bonds is 4. The van der Waals surface area contributed by atoms with E-state index in [1.165, 1.54) is 6.92 Å². The fourth-order valence-electron chi connectivity index (χ4n) is 1.79. The minimum absolute atomic E-state index is 0.0982. The molecule has 3 heteroatoms. The largest absolute Gasteiger partial charge is 0.478 e. The molecule has 0 spiro atoms. The summed E-state index contributed by atoms with van der Waals surface area (Å²) in [5.74, 6) is 0.531. The first-order valence-electron chi connectivity index (χ1n) is 5.93. The quantitative estimate of drug-likeness (QED) is 0.838. The highest BCUT2D eigenvalue weighted by Crippen LogP contribution is 2.23. The van der Waals surface area contributed by atoms with Gasteiger partial charge in [0.05, 0.1) is 11.6 Å². The zero-order chi connectivity index (χ0) is 13.7. The Morgan fingerprint density at radius 2 is 1.89 bits per heavy atom. The highest BCUT2D eigenvalue weighted by atomic mass is 16.5. The first-order chi connectivity index (χ1) is 9.20. The lowest BCUT2D eigenvalue weighted by Crippen LogP contribution is -2.16. The summed E-state index contributed by atoms with van der Waals surface area (Å²) < 4.78 is 5.70. The van der Waals surface area contributed by atoms with Gasteiger partial charge in [-0.1, -0.05) is 30.3 Å². The molecule has 0 heterocycles. The van der Waals surface area contributed by atoms with Gasteiger partial charge in [0.15, 0.2) is 11.9 Å². The predicted molar refractivity (Wildman–Crippen MR) is 71.6 cm³/mol. The number of ketones is 1. The van der Waals surface area contributed by atoms with Crippen LogP contribution in [0.3, 0.4) is 0 Å². The number of benzene rings is 2. The molecule has 2 aromatic rings. The van der Waals surface area contributed by atoms with E-state index in [2.05, 4.69) is 6.07 Å². The normalized spacial score (nSPS) is 11.4. The van der Waals surface area contributed by atoms with Gasteiger partial charge in [-0.2, -0.15) is 5.26 Å². The summed E-state index contributed by atoms with van der Waals surface area (Å²) in [6.45, 7) is 1.48. The average molecular weight is 251 g/mol. The van der Waals surface area contributed by atoms with E-state index in [0.717, 1.165) is 0 Å². The molecular weight excluding hydrogens is 238 g/mol. The Morgan fingerprint density at radius 1 is 1.16 bits per heavy atom. The van der Waals surface area contributed by atoms with Gasteiger partial charge in [-0.3, -0.25) is 4.79 Å². The zero-order valence-electron chi connectivity index (χ0n) is 10.5. The predicted octanol–water partition coefficient (Wildman–Crippen LogP) is 3.27. The lowest BCUT2D eigenvalue weighted by molar-refractivity contribution is -0.123. The van der Waals surface area contributed by atoms with E-state index in [4.69, 9.17) is 10.00 Å². The van der Waals surface area contributed by atoms with Gasteiger partial charge >= 0.3 is 0 Å². The van der Waals surface area contributed by atoms with Crippen molar-refractivity contribution in [3.05, 3.63) is 65.7 Å². The van der Waals surface area contributed by atoms with Crippen LogP contribution < -0.4 is 4.74 Å². The maximum Gasteiger partial charge on any atom is 0.181 e. The summed E-state index contributed by atoms with van der Waals surface area (Å²) in [6.07, 6.45) is -0.685. The van der Waals surface area contributed by atoms with E-state index in [-0.39, 0.29) is 5.78 Å². The second-order valence-electron chi connectivity index (χ2n) is 4.16. The van der Waals surface area contributed by atoms with E-state index >= 15 is 0 Å². The first-order valence-corrected chi connectivity index (χ1v) is 5.93. The smallest absolute Gasteiger partial charge is 0.181 e. The molecule has 2 aromatic carbocycles. The molecular formula is C16H13NO2. The van der Waals surface area contributed by atoms with Gasteiger partial charge in [0.25, 0.3) is 0 Å². The Bertz CT molecular complexity index is 614. The number of carbonyl (C=O) groups is 1. The molecule has 0 aliphatic carbocycles. The highest BCUT2D eigenvalue weighted by Gasteiger charge is 2.18. The third-order valence-corrected chi connectivity index (χ3v) is 2.68. The Balaban J connectivity index is 2.30. The van der Waals surface area contributed by atoms with Crippen LogP contribution in [0, 0.1) is 11.3 Å². The van der Waals surface area contributed by atoms with Crippen LogP contribution in [0.1, 0.15) is 24.2 Å². The van der Waals surface area contributed by atoms with Crippen LogP contribution in [0.4, 0.5) is 0 Å². The molecule has 0 radical (unpaired) electrons. The number of hydrogen-bond acceptors (Lipinski definition) is 3. The summed E-state index contributed by atoms with van der Waals surface area (Å²) in [5, 5.41) is 8.90. The van der Waals surface area contributed by atoms with E-state index in [0.29, 0.717) is 16.9 Å². The SMILES string of the molecule is CC(=O)[C@@H](Oc1ccccc1)c1cccc(C#N)c1. The number of nitriles is 1. The number of hydrogen-bond donors (Lipinski definition) is 0. The van der Waals surface area contributed by atoms with Gasteiger partial charge in [0.2, 0.25) is 0 Å². The maximum atomic E-state index is 11.7. The second kappa shape index (κ2) is 5.83. The van der Waals surface area contributed by atoms with Gasteiger partial charge in [-0.15, -0.1) is 0 Å². The molecule has 94 valence electrons. The third kappa shape index (κ3) is 3.20. The van der Waals surface area contributed by atoms with Crippen LogP contribution in [-0.2, 0) is 4.79 Å². The maximum absolute atomic E-state index is 11.7. The number of ether oxygens (including phenoxy) is 1. The summed E-state index contributed by atoms with van der Waals surface area (Å²) >= 11 is 0. The van der Waals surface area contributed by atoms with Crippen molar-refractivity contribution in [2.75, 3.05) is 0 Å². The third-order valence-electron chi connectivity index (χ3n) is 2.68. The fourth-order valence-corrected chi connectivity index (χ4v) is 1.79. The summed E-state index contributed by atoms with van der Waals surface area (Å²) in [4.78, 5) is 11.7. The topological polar surface area (TPSA) is 50.1 Å². The minimum Gasteiger partial charge on any atom is -0.478 e. The number of para-hydroxylation sites is 1. The van der Waals surface area contributed by atoms with Crippen molar-refractivity contribution in [1.29, 1.82) is 5.26 Å². The molecule has 0 saturated heterocycles. The van der Waals surface area contributed by atoms with E-state index in [1.807, 2.05) is 18.2 Å². The highest BCUT2D eigenvalue weighted by molar-refractivity contribution is 5.82. The molecule has 1 atom stereocenters. The average Bonchev–Trinajstić information content (AvgIpc) is 2.45. The van der Waals surface area contributed by atoms with Crippen molar-refractivity contribution in [3.8, 4) is 11.8 Å². The Hall–Kier alpha value is -2.60. The standard InChI is InChI=1S/C16H13NO2/c1-12(18)16(19-15-8-3-2-4-9-15)14-7-5-6-13(10-14)11-17/h2-10,16H,1H3/t16-/m1/s1. The van der Waals surface area contributed by atoms with Crippen LogP contribution in [0.15, 0.2) is 54.6 Å². The number of carbonyl (C=O) groups excluding carboxylic acids is 1. The lowest BCUT2D eigenvalue weighted by Gasteiger charge is -2.17. The van der Waals surface area contributed by atoms with Crippen LogP contribution in [0.2, 0.25) is 0 Å². The van der Waals surface area contributed by atoms with Crippen LogP contribution >= 0.6 is 0 Å². The second-order valence-corrected chi connectivity index (χ2v) is 4.16. The summed E-state index contributed by atoms with van der Waals surface area (Å²) in [5.41, 5.74) is 1.20. The number of nitrogens with zero attached hydrogens (tertiary/aromatic N) is 1. The van der Waals surface area contributed by atoms with E-state index in [1.54, 1.807) is 36.4 Å². The van der Waals surface area contributed by atoms with Crippen LogP contribution in [-0.4, -0.2) is 5.78 Å². The number of Topliss-reactive ketones (excluding diaryl/α,β-unsaturated/α-hetero) is 1. The Labute approximate surface area is 112 Å². The van der Waals surface area contributed by atoms with Crippen molar-refractivity contribution >= 4 is 5.78 Å². The molecule has 0 bridgehead atoms. The van der Waals surface area contributed by atoms with Gasteiger partial charge in [0.1, 0.15) is 5.75 Å². The van der Waals surface area contributed by atoms with Crippen LogP contribution in [0.5, 0.6) is 5.75 Å². The molecule has 0 aliphatic rings. The molecule has 0 aliphatic heterocycles. The Morgan fingerprint density at radius 3 is 2.53 bits per heavy atom. The molecule has 0 aromatic heterocycles.